The highest BCUT2D eigenvalue weighted by Crippen LogP contribution is 2.20. The van der Waals surface area contributed by atoms with Crippen LogP contribution in [-0.4, -0.2) is 4.98 Å². The van der Waals surface area contributed by atoms with Crippen LogP contribution in [0.2, 0.25) is 0 Å². The van der Waals surface area contributed by atoms with Gasteiger partial charge < -0.3 is 0 Å². The van der Waals surface area contributed by atoms with Crippen LogP contribution in [0.3, 0.4) is 0 Å². The minimum absolute atomic E-state index is 0.360. The van der Waals surface area contributed by atoms with Crippen molar-refractivity contribution in [2.75, 3.05) is 0 Å². The maximum atomic E-state index is 8.96. The van der Waals surface area contributed by atoms with Gasteiger partial charge in [0.15, 0.2) is 0 Å². The van der Waals surface area contributed by atoms with Crippen LogP contribution in [0.1, 0.15) is 56.5 Å². The smallest absolute Gasteiger partial charge is 0.144 e. The third kappa shape index (κ3) is 2.11. The molecule has 0 aliphatic rings. The van der Waals surface area contributed by atoms with Crippen LogP contribution in [0, 0.1) is 11.3 Å². The molecule has 1 aromatic rings. The average molecular weight is 188 g/mol. The lowest BCUT2D eigenvalue weighted by molar-refractivity contribution is 0.797. The molecular formula is C12H16N2. The Labute approximate surface area is 85.6 Å². The summed E-state index contributed by atoms with van der Waals surface area (Å²) in [6, 6.07) is 6.20. The molecule has 1 rings (SSSR count). The first kappa shape index (κ1) is 10.7. The zero-order valence-corrected chi connectivity index (χ0v) is 9.20. The summed E-state index contributed by atoms with van der Waals surface area (Å²) in [4.78, 5) is 4.35. The summed E-state index contributed by atoms with van der Waals surface area (Å²) in [6.45, 7) is 8.32. The van der Waals surface area contributed by atoms with Crippen LogP contribution < -0.4 is 0 Å². The number of rotatable bonds is 2. The van der Waals surface area contributed by atoms with Crippen LogP contribution in [-0.2, 0) is 0 Å². The highest BCUT2D eigenvalue weighted by atomic mass is 14.7. The molecule has 0 saturated heterocycles. The standard InChI is InChI=1S/C12H16N2/c1-8(2)10-5-6-11(9(3)4)14-12(10)7-13/h5-6,8-9H,1-4H3. The summed E-state index contributed by atoms with van der Waals surface area (Å²) in [6.07, 6.45) is 0. The molecular weight excluding hydrogens is 172 g/mol. The van der Waals surface area contributed by atoms with Gasteiger partial charge in [-0.1, -0.05) is 33.8 Å². The van der Waals surface area contributed by atoms with Crippen molar-refractivity contribution in [1.29, 1.82) is 5.26 Å². The van der Waals surface area contributed by atoms with E-state index >= 15 is 0 Å². The largest absolute Gasteiger partial charge is 0.242 e. The van der Waals surface area contributed by atoms with Crippen molar-refractivity contribution in [2.45, 2.75) is 39.5 Å². The van der Waals surface area contributed by atoms with E-state index in [-0.39, 0.29) is 0 Å². The van der Waals surface area contributed by atoms with Crippen LogP contribution in [0.4, 0.5) is 0 Å². The molecule has 0 aliphatic carbocycles. The van der Waals surface area contributed by atoms with Gasteiger partial charge in [-0.3, -0.25) is 0 Å². The van der Waals surface area contributed by atoms with Crippen molar-refractivity contribution < 1.29 is 0 Å². The normalized spacial score (nSPS) is 10.6. The van der Waals surface area contributed by atoms with Crippen molar-refractivity contribution in [3.05, 3.63) is 29.1 Å². The Bertz CT molecular complexity index is 359. The molecule has 0 saturated carbocycles. The molecule has 0 aromatic carbocycles. The predicted octanol–water partition coefficient (Wildman–Crippen LogP) is 3.20. The van der Waals surface area contributed by atoms with E-state index in [4.69, 9.17) is 5.26 Å². The van der Waals surface area contributed by atoms with Crippen LogP contribution in [0.15, 0.2) is 12.1 Å². The lowest BCUT2D eigenvalue weighted by atomic mass is 9.99. The van der Waals surface area contributed by atoms with Gasteiger partial charge in [-0.05, 0) is 23.5 Å². The summed E-state index contributed by atoms with van der Waals surface area (Å²) in [5, 5.41) is 8.96. The van der Waals surface area contributed by atoms with Crippen molar-refractivity contribution in [3.63, 3.8) is 0 Å². The van der Waals surface area contributed by atoms with Gasteiger partial charge in [-0.2, -0.15) is 5.26 Å². The number of nitrogens with zero attached hydrogens (tertiary/aromatic N) is 2. The van der Waals surface area contributed by atoms with Gasteiger partial charge in [0.25, 0.3) is 0 Å². The first-order valence-electron chi connectivity index (χ1n) is 4.97. The molecule has 0 unspecified atom stereocenters. The van der Waals surface area contributed by atoms with Gasteiger partial charge in [0, 0.05) is 5.69 Å². The first-order valence-corrected chi connectivity index (χ1v) is 4.97. The molecule has 0 amide bonds. The molecule has 0 radical (unpaired) electrons. The molecule has 0 fully saturated rings. The van der Waals surface area contributed by atoms with Crippen molar-refractivity contribution >= 4 is 0 Å². The van der Waals surface area contributed by atoms with E-state index in [2.05, 4.69) is 38.7 Å². The number of hydrogen-bond donors (Lipinski definition) is 0. The zero-order chi connectivity index (χ0) is 10.7. The van der Waals surface area contributed by atoms with Gasteiger partial charge in [-0.15, -0.1) is 0 Å². The van der Waals surface area contributed by atoms with Gasteiger partial charge in [0.1, 0.15) is 11.8 Å². The number of pyridine rings is 1. The summed E-state index contributed by atoms with van der Waals surface area (Å²) in [7, 11) is 0. The van der Waals surface area contributed by atoms with E-state index in [1.165, 1.54) is 0 Å². The monoisotopic (exact) mass is 188 g/mol. The summed E-state index contributed by atoms with van der Waals surface area (Å²) in [5.41, 5.74) is 2.61. The minimum atomic E-state index is 0.360. The number of hydrogen-bond acceptors (Lipinski definition) is 2. The summed E-state index contributed by atoms with van der Waals surface area (Å²) < 4.78 is 0. The Morgan fingerprint density at radius 2 is 1.79 bits per heavy atom. The molecule has 0 N–H and O–H groups in total. The van der Waals surface area contributed by atoms with E-state index in [9.17, 15) is 0 Å². The van der Waals surface area contributed by atoms with Crippen LogP contribution >= 0.6 is 0 Å². The van der Waals surface area contributed by atoms with E-state index in [1.54, 1.807) is 0 Å². The highest BCUT2D eigenvalue weighted by molar-refractivity contribution is 5.35. The number of nitriles is 1. The van der Waals surface area contributed by atoms with Crippen molar-refractivity contribution in [2.24, 2.45) is 0 Å². The summed E-state index contributed by atoms with van der Waals surface area (Å²) >= 11 is 0. The third-order valence-electron chi connectivity index (χ3n) is 2.27. The van der Waals surface area contributed by atoms with E-state index in [0.717, 1.165) is 11.3 Å². The molecule has 0 aliphatic heterocycles. The van der Waals surface area contributed by atoms with Crippen LogP contribution in [0.25, 0.3) is 0 Å². The lowest BCUT2D eigenvalue weighted by Gasteiger charge is -2.10. The van der Waals surface area contributed by atoms with Crippen molar-refractivity contribution in [1.82, 2.24) is 4.98 Å². The predicted molar refractivity (Wildman–Crippen MR) is 57.1 cm³/mol. The Hall–Kier alpha value is -1.36. The third-order valence-corrected chi connectivity index (χ3v) is 2.27. The van der Waals surface area contributed by atoms with Gasteiger partial charge in [-0.25, -0.2) is 4.98 Å². The fourth-order valence-electron chi connectivity index (χ4n) is 1.36. The SMILES string of the molecule is CC(C)c1ccc(C(C)C)c(C#N)n1. The Balaban J connectivity index is 3.20. The molecule has 2 nitrogen and oxygen atoms in total. The zero-order valence-electron chi connectivity index (χ0n) is 9.20. The average Bonchev–Trinajstić information content (AvgIpc) is 2.16. The minimum Gasteiger partial charge on any atom is -0.242 e. The van der Waals surface area contributed by atoms with Gasteiger partial charge >= 0.3 is 0 Å². The first-order chi connectivity index (χ1) is 6.56. The molecule has 1 aromatic heterocycles. The lowest BCUT2D eigenvalue weighted by Crippen LogP contribution is -2.00. The van der Waals surface area contributed by atoms with E-state index < -0.39 is 0 Å². The van der Waals surface area contributed by atoms with Gasteiger partial charge in [0.2, 0.25) is 0 Å². The molecule has 0 atom stereocenters. The second-order valence-electron chi connectivity index (χ2n) is 4.10. The Kier molecular flexibility index (Phi) is 3.24. The van der Waals surface area contributed by atoms with Crippen LogP contribution in [0.5, 0.6) is 0 Å². The Morgan fingerprint density at radius 1 is 1.14 bits per heavy atom. The quantitative estimate of drug-likeness (QED) is 0.714. The van der Waals surface area contributed by atoms with Crippen molar-refractivity contribution in [3.8, 4) is 6.07 Å². The molecule has 0 spiro atoms. The van der Waals surface area contributed by atoms with E-state index in [0.29, 0.717) is 17.5 Å². The topological polar surface area (TPSA) is 36.7 Å². The maximum absolute atomic E-state index is 8.96. The highest BCUT2D eigenvalue weighted by Gasteiger charge is 2.09. The second kappa shape index (κ2) is 4.23. The number of aromatic nitrogens is 1. The molecule has 74 valence electrons. The summed E-state index contributed by atoms with van der Waals surface area (Å²) in [5.74, 6) is 0.738. The fraction of sp³-hybridized carbons (Fsp3) is 0.500. The fourth-order valence-corrected chi connectivity index (χ4v) is 1.36. The maximum Gasteiger partial charge on any atom is 0.144 e. The van der Waals surface area contributed by atoms with E-state index in [1.807, 2.05) is 12.1 Å². The van der Waals surface area contributed by atoms with Gasteiger partial charge in [0.05, 0.1) is 0 Å². The molecule has 1 heterocycles. The molecule has 2 heteroatoms. The molecule has 14 heavy (non-hydrogen) atoms. The second-order valence-corrected chi connectivity index (χ2v) is 4.10. The molecule has 0 bridgehead atoms. The Morgan fingerprint density at radius 3 is 2.21 bits per heavy atom.